The summed E-state index contributed by atoms with van der Waals surface area (Å²) in [6, 6.07) is 0. The molecule has 0 aliphatic heterocycles. The van der Waals surface area contributed by atoms with Crippen molar-refractivity contribution in [2.45, 2.75) is 34.1 Å². The molecule has 0 amide bonds. The molecule has 0 radical (unpaired) electrons. The smallest absolute Gasteiger partial charge is 0.157 e. The van der Waals surface area contributed by atoms with E-state index >= 15 is 0 Å². The molecule has 0 bridgehead atoms. The molecule has 0 fully saturated rings. The third-order valence-corrected chi connectivity index (χ3v) is 1.65. The largest absolute Gasteiger partial charge is 0.242 e. The normalized spacial score (nSPS) is 9.71. The first-order valence-electron chi connectivity index (χ1n) is 5.01. The van der Waals surface area contributed by atoms with E-state index in [1.165, 1.54) is 0 Å². The van der Waals surface area contributed by atoms with Gasteiger partial charge in [-0.1, -0.05) is 27.4 Å². The molecule has 1 heterocycles. The van der Waals surface area contributed by atoms with E-state index in [1.54, 1.807) is 17.1 Å². The Hall–Kier alpha value is -1.38. The Bertz CT molecular complexity index is 297. The fraction of sp³-hybridized carbons (Fsp3) is 0.455. The van der Waals surface area contributed by atoms with Crippen molar-refractivity contribution in [2.75, 3.05) is 0 Å². The highest BCUT2D eigenvalue weighted by Gasteiger charge is 2.03. The Kier molecular flexibility index (Phi) is 6.37. The fourth-order valence-electron chi connectivity index (χ4n) is 1.04. The van der Waals surface area contributed by atoms with Crippen molar-refractivity contribution >= 4 is 18.2 Å². The highest BCUT2D eigenvalue weighted by molar-refractivity contribution is 5.61. The minimum Gasteiger partial charge on any atom is -0.242 e. The van der Waals surface area contributed by atoms with E-state index in [4.69, 9.17) is 0 Å². The summed E-state index contributed by atoms with van der Waals surface area (Å²) in [7, 11) is 0. The molecular weight excluding hydrogens is 174 g/mol. The lowest BCUT2D eigenvalue weighted by atomic mass is 10.2. The fourth-order valence-corrected chi connectivity index (χ4v) is 1.04. The minimum absolute atomic E-state index is 0.884. The minimum atomic E-state index is 0.884. The Labute approximate surface area is 86.2 Å². The number of aliphatic imine (C=N–C) groups is 1. The van der Waals surface area contributed by atoms with Crippen molar-refractivity contribution in [3.05, 3.63) is 18.3 Å². The van der Waals surface area contributed by atoms with Crippen LogP contribution >= 0.6 is 0 Å². The van der Waals surface area contributed by atoms with Crippen LogP contribution in [0.2, 0.25) is 0 Å². The van der Waals surface area contributed by atoms with Gasteiger partial charge in [0.25, 0.3) is 0 Å². The van der Waals surface area contributed by atoms with Gasteiger partial charge in [0.2, 0.25) is 0 Å². The van der Waals surface area contributed by atoms with Crippen LogP contribution in [-0.2, 0) is 6.42 Å². The summed E-state index contributed by atoms with van der Waals surface area (Å²) in [4.78, 5) is 4.21. The Morgan fingerprint density at radius 3 is 2.64 bits per heavy atom. The van der Waals surface area contributed by atoms with Gasteiger partial charge in [-0.15, -0.1) is 0 Å². The Balaban J connectivity index is 0.000000791. The molecule has 0 N–H and O–H groups in total. The molecule has 0 saturated carbocycles. The number of rotatable bonds is 3. The number of hydrogen-bond acceptors (Lipinski definition) is 2. The van der Waals surface area contributed by atoms with Gasteiger partial charge in [0.1, 0.15) is 0 Å². The predicted octanol–water partition coefficient (Wildman–Crippen LogP) is 3.29. The van der Waals surface area contributed by atoms with Gasteiger partial charge in [0, 0.05) is 18.0 Å². The van der Waals surface area contributed by atoms with Crippen molar-refractivity contribution in [1.29, 1.82) is 0 Å². The zero-order valence-corrected chi connectivity index (χ0v) is 9.49. The molecule has 0 aliphatic rings. The molecule has 3 nitrogen and oxygen atoms in total. The molecule has 0 aromatic carbocycles. The number of aryl methyl sites for hydroxylation is 1. The van der Waals surface area contributed by atoms with E-state index in [0.717, 1.165) is 17.8 Å². The van der Waals surface area contributed by atoms with Crippen LogP contribution in [0.5, 0.6) is 0 Å². The lowest BCUT2D eigenvalue weighted by Crippen LogP contribution is -1.86. The van der Waals surface area contributed by atoms with Gasteiger partial charge in [0.05, 0.1) is 6.20 Å². The van der Waals surface area contributed by atoms with Crippen LogP contribution in [0.1, 0.15) is 33.3 Å². The van der Waals surface area contributed by atoms with Crippen molar-refractivity contribution in [2.24, 2.45) is 4.99 Å². The molecule has 1 aromatic rings. The molecule has 78 valence electrons. The van der Waals surface area contributed by atoms with Crippen LogP contribution in [0, 0.1) is 0 Å². The molecule has 0 aliphatic carbocycles. The molecule has 0 saturated heterocycles. The van der Waals surface area contributed by atoms with Crippen LogP contribution < -0.4 is 0 Å². The van der Waals surface area contributed by atoms with Crippen LogP contribution in [0.15, 0.2) is 17.8 Å². The van der Waals surface area contributed by atoms with Crippen LogP contribution in [-0.4, -0.2) is 16.0 Å². The van der Waals surface area contributed by atoms with E-state index in [-0.39, 0.29) is 0 Å². The monoisotopic (exact) mass is 193 g/mol. The second-order valence-electron chi connectivity index (χ2n) is 2.36. The highest BCUT2D eigenvalue weighted by Crippen LogP contribution is 2.18. The quantitative estimate of drug-likeness (QED) is 0.677. The topological polar surface area (TPSA) is 30.2 Å². The van der Waals surface area contributed by atoms with Crippen LogP contribution in [0.25, 0.3) is 6.20 Å². The first-order chi connectivity index (χ1) is 6.83. The SMILES string of the molecule is C=Cn1ncc(CC)c1/N=C\C.CC. The maximum absolute atomic E-state index is 4.21. The highest BCUT2D eigenvalue weighted by atomic mass is 15.3. The second kappa shape index (κ2) is 7.06. The third-order valence-electron chi connectivity index (χ3n) is 1.65. The van der Waals surface area contributed by atoms with Gasteiger partial charge < -0.3 is 0 Å². The van der Waals surface area contributed by atoms with E-state index < -0.39 is 0 Å². The van der Waals surface area contributed by atoms with E-state index in [2.05, 4.69) is 23.6 Å². The second-order valence-corrected chi connectivity index (χ2v) is 2.36. The standard InChI is InChI=1S/C9H13N3.C2H6/c1-4-8-7-11-12(6-3)9(8)10-5-2;1-2/h5-7H,3-4H2,1-2H3;1-2H3/b10-5-;. The molecule has 1 rings (SSSR count). The first kappa shape index (κ1) is 12.6. The molecule has 14 heavy (non-hydrogen) atoms. The van der Waals surface area contributed by atoms with Crippen molar-refractivity contribution in [3.8, 4) is 0 Å². The molecule has 0 atom stereocenters. The average Bonchev–Trinajstić information content (AvgIpc) is 2.64. The molecule has 1 aromatic heterocycles. The maximum Gasteiger partial charge on any atom is 0.157 e. The lowest BCUT2D eigenvalue weighted by Gasteiger charge is -1.96. The zero-order chi connectivity index (χ0) is 11.0. The summed E-state index contributed by atoms with van der Waals surface area (Å²) in [5.41, 5.74) is 1.15. The average molecular weight is 193 g/mol. The Morgan fingerprint density at radius 1 is 1.57 bits per heavy atom. The third kappa shape index (κ3) is 2.83. The summed E-state index contributed by atoms with van der Waals surface area (Å²) in [6.45, 7) is 11.6. The molecular formula is C11H19N3. The van der Waals surface area contributed by atoms with Crippen molar-refractivity contribution in [3.63, 3.8) is 0 Å². The molecule has 3 heteroatoms. The molecule has 0 spiro atoms. The van der Waals surface area contributed by atoms with Crippen LogP contribution in [0.3, 0.4) is 0 Å². The van der Waals surface area contributed by atoms with Crippen LogP contribution in [0.4, 0.5) is 5.82 Å². The van der Waals surface area contributed by atoms with E-state index in [1.807, 2.05) is 27.0 Å². The van der Waals surface area contributed by atoms with Gasteiger partial charge in [-0.05, 0) is 13.3 Å². The summed E-state index contributed by atoms with van der Waals surface area (Å²) < 4.78 is 1.68. The van der Waals surface area contributed by atoms with Gasteiger partial charge in [-0.3, -0.25) is 0 Å². The summed E-state index contributed by atoms with van der Waals surface area (Å²) in [6.07, 6.45) is 6.18. The summed E-state index contributed by atoms with van der Waals surface area (Å²) in [5.74, 6) is 0.884. The Morgan fingerprint density at radius 2 is 2.21 bits per heavy atom. The predicted molar refractivity (Wildman–Crippen MR) is 63.2 cm³/mol. The van der Waals surface area contributed by atoms with Gasteiger partial charge in [-0.2, -0.15) is 5.10 Å². The lowest BCUT2D eigenvalue weighted by molar-refractivity contribution is 0.934. The van der Waals surface area contributed by atoms with Gasteiger partial charge >= 0.3 is 0 Å². The van der Waals surface area contributed by atoms with E-state index in [9.17, 15) is 0 Å². The number of hydrogen-bond donors (Lipinski definition) is 0. The van der Waals surface area contributed by atoms with Crippen molar-refractivity contribution in [1.82, 2.24) is 9.78 Å². The van der Waals surface area contributed by atoms with E-state index in [0.29, 0.717) is 0 Å². The number of nitrogens with zero attached hydrogens (tertiary/aromatic N) is 3. The van der Waals surface area contributed by atoms with Gasteiger partial charge in [-0.25, -0.2) is 9.67 Å². The zero-order valence-electron chi connectivity index (χ0n) is 9.49. The molecule has 0 unspecified atom stereocenters. The maximum atomic E-state index is 4.21. The summed E-state index contributed by atoms with van der Waals surface area (Å²) in [5, 5.41) is 4.11. The van der Waals surface area contributed by atoms with Gasteiger partial charge in [0.15, 0.2) is 5.82 Å². The summed E-state index contributed by atoms with van der Waals surface area (Å²) >= 11 is 0. The van der Waals surface area contributed by atoms with Crippen molar-refractivity contribution < 1.29 is 0 Å². The first-order valence-corrected chi connectivity index (χ1v) is 5.01. The number of aromatic nitrogens is 2.